The predicted octanol–water partition coefficient (Wildman–Crippen LogP) is 1.68. The van der Waals surface area contributed by atoms with Crippen molar-refractivity contribution < 1.29 is 0 Å². The lowest BCUT2D eigenvalue weighted by Crippen LogP contribution is -2.59. The second kappa shape index (κ2) is 4.06. The van der Waals surface area contributed by atoms with Crippen molar-refractivity contribution in [3.05, 3.63) is 0 Å². The third-order valence-electron chi connectivity index (χ3n) is 5.80. The molecule has 0 N–H and O–H groups in total. The Morgan fingerprint density at radius 1 is 1.11 bits per heavy atom. The lowest BCUT2D eigenvalue weighted by atomic mass is 9.78. The predicted molar refractivity (Wildman–Crippen MR) is 81.7 cm³/mol. The Bertz CT molecular complexity index is 341. The number of hydrogen-bond acceptors (Lipinski definition) is 3. The number of hydrogen-bond donors (Lipinski definition) is 0. The molecule has 4 rings (SSSR count). The average Bonchev–Trinajstić information content (AvgIpc) is 2.66. The number of rotatable bonds is 2. The zero-order valence-corrected chi connectivity index (χ0v) is 13.6. The van der Waals surface area contributed by atoms with Gasteiger partial charge >= 0.3 is 0 Å². The monoisotopic (exact) mass is 361 g/mol. The minimum absolute atomic E-state index is 0.686. The molecular weight excluding hydrogens is 337 g/mol. The van der Waals surface area contributed by atoms with Crippen molar-refractivity contribution >= 4 is 22.9 Å². The van der Waals surface area contributed by atoms with E-state index in [4.69, 9.17) is 0 Å². The van der Waals surface area contributed by atoms with Crippen LogP contribution in [0.3, 0.4) is 0 Å². The molecule has 4 heteroatoms. The topological polar surface area (TPSA) is 9.72 Å². The van der Waals surface area contributed by atoms with Gasteiger partial charge in [-0.15, -0.1) is 0 Å². The van der Waals surface area contributed by atoms with E-state index in [1.165, 1.54) is 45.7 Å². The third kappa shape index (κ3) is 1.79. The lowest BCUT2D eigenvalue weighted by molar-refractivity contribution is -0.00919. The average molecular weight is 361 g/mol. The van der Waals surface area contributed by atoms with Crippen LogP contribution in [0.1, 0.15) is 20.3 Å². The fraction of sp³-hybridized carbons (Fsp3) is 1.00. The summed E-state index contributed by atoms with van der Waals surface area (Å²) in [6.45, 7) is 12.9. The Morgan fingerprint density at radius 2 is 1.78 bits per heavy atom. The molecule has 3 aliphatic heterocycles. The molecule has 4 fully saturated rings. The molecule has 1 aliphatic carbocycles. The highest BCUT2D eigenvalue weighted by Crippen LogP contribution is 2.54. The molecule has 3 saturated heterocycles. The summed E-state index contributed by atoms with van der Waals surface area (Å²) in [5.41, 5.74) is 0.686. The van der Waals surface area contributed by atoms with Crippen molar-refractivity contribution in [2.45, 2.75) is 32.4 Å². The minimum Gasteiger partial charge on any atom is -0.300 e. The molecule has 0 aromatic heterocycles. The Labute approximate surface area is 124 Å². The third-order valence-corrected chi connectivity index (χ3v) is 6.59. The largest absolute Gasteiger partial charge is 0.300 e. The van der Waals surface area contributed by atoms with Gasteiger partial charge in [-0.3, -0.25) is 4.90 Å². The van der Waals surface area contributed by atoms with Gasteiger partial charge in [-0.1, -0.05) is 0 Å². The first kappa shape index (κ1) is 12.4. The van der Waals surface area contributed by atoms with Gasteiger partial charge in [-0.05, 0) is 38.6 Å². The van der Waals surface area contributed by atoms with Crippen molar-refractivity contribution in [1.82, 2.24) is 12.9 Å². The molecule has 2 atom stereocenters. The Morgan fingerprint density at radius 3 is 2.33 bits per heavy atom. The summed E-state index contributed by atoms with van der Waals surface area (Å²) in [4.78, 5) is 5.49. The van der Waals surface area contributed by atoms with Crippen molar-refractivity contribution in [3.8, 4) is 0 Å². The van der Waals surface area contributed by atoms with Gasteiger partial charge in [0, 0.05) is 73.1 Å². The SMILES string of the molecule is CC(C)N1CCC2(C1)CN(C1C3CN(I)CC31)C2. The van der Waals surface area contributed by atoms with Crippen molar-refractivity contribution in [3.63, 3.8) is 0 Å². The molecule has 0 radical (unpaired) electrons. The molecule has 1 saturated carbocycles. The normalized spacial score (nSPS) is 43.7. The first-order chi connectivity index (χ1) is 8.58. The fourth-order valence-corrected chi connectivity index (χ4v) is 5.59. The second-order valence-electron chi connectivity index (χ2n) is 7.37. The second-order valence-corrected chi connectivity index (χ2v) is 8.73. The van der Waals surface area contributed by atoms with Gasteiger partial charge in [0.25, 0.3) is 0 Å². The first-order valence-electron chi connectivity index (χ1n) is 7.47. The molecule has 1 spiro atoms. The molecular formula is C14H24IN3. The van der Waals surface area contributed by atoms with Gasteiger partial charge in [0.1, 0.15) is 0 Å². The van der Waals surface area contributed by atoms with E-state index in [-0.39, 0.29) is 0 Å². The summed E-state index contributed by atoms with van der Waals surface area (Å²) < 4.78 is 2.48. The van der Waals surface area contributed by atoms with Gasteiger partial charge in [0.15, 0.2) is 0 Å². The maximum absolute atomic E-state index is 2.81. The maximum atomic E-state index is 2.81. The van der Waals surface area contributed by atoms with Crippen molar-refractivity contribution in [1.29, 1.82) is 0 Å². The molecule has 0 aromatic rings. The molecule has 4 aliphatic rings. The zero-order valence-electron chi connectivity index (χ0n) is 11.5. The highest BCUT2D eigenvalue weighted by Gasteiger charge is 2.62. The Kier molecular flexibility index (Phi) is 2.78. The maximum Gasteiger partial charge on any atom is 0.0201 e. The summed E-state index contributed by atoms with van der Waals surface area (Å²) >= 11 is 2.49. The molecule has 0 bridgehead atoms. The van der Waals surface area contributed by atoms with E-state index < -0.39 is 0 Å². The highest BCUT2D eigenvalue weighted by molar-refractivity contribution is 14.1. The smallest absolute Gasteiger partial charge is 0.0201 e. The van der Waals surface area contributed by atoms with Gasteiger partial charge in [-0.25, -0.2) is 3.11 Å². The Hall–Kier alpha value is 0.610. The van der Waals surface area contributed by atoms with E-state index in [0.717, 1.165) is 23.9 Å². The zero-order chi connectivity index (χ0) is 12.5. The number of likely N-dealkylation sites (tertiary alicyclic amines) is 2. The molecule has 2 unspecified atom stereocenters. The van der Waals surface area contributed by atoms with E-state index in [0.29, 0.717) is 5.41 Å². The van der Waals surface area contributed by atoms with Crippen LogP contribution in [-0.4, -0.2) is 64.3 Å². The highest BCUT2D eigenvalue weighted by atomic mass is 127. The van der Waals surface area contributed by atoms with Gasteiger partial charge in [0.05, 0.1) is 0 Å². The number of nitrogens with zero attached hydrogens (tertiary/aromatic N) is 3. The lowest BCUT2D eigenvalue weighted by Gasteiger charge is -2.49. The number of fused-ring (bicyclic) bond motifs is 1. The van der Waals surface area contributed by atoms with Crippen LogP contribution in [0, 0.1) is 17.3 Å². The van der Waals surface area contributed by atoms with Gasteiger partial charge in [0.2, 0.25) is 0 Å². The van der Waals surface area contributed by atoms with E-state index in [9.17, 15) is 0 Å². The fourth-order valence-electron chi connectivity index (χ4n) is 4.68. The van der Waals surface area contributed by atoms with Crippen LogP contribution in [0.25, 0.3) is 0 Å². The van der Waals surface area contributed by atoms with E-state index in [1.807, 2.05) is 0 Å². The first-order valence-corrected chi connectivity index (χ1v) is 8.43. The summed E-state index contributed by atoms with van der Waals surface area (Å²) in [6, 6.07) is 1.71. The molecule has 102 valence electrons. The minimum atomic E-state index is 0.686. The van der Waals surface area contributed by atoms with Crippen LogP contribution in [0.4, 0.5) is 0 Å². The van der Waals surface area contributed by atoms with Crippen LogP contribution in [0.5, 0.6) is 0 Å². The summed E-state index contributed by atoms with van der Waals surface area (Å²) in [7, 11) is 0. The number of piperidine rings is 1. The molecule has 3 heterocycles. The van der Waals surface area contributed by atoms with E-state index in [1.54, 1.807) is 0 Å². The summed E-state index contributed by atoms with van der Waals surface area (Å²) in [6.07, 6.45) is 1.45. The number of halogens is 1. The van der Waals surface area contributed by atoms with Crippen molar-refractivity contribution in [2.24, 2.45) is 17.3 Å². The van der Waals surface area contributed by atoms with E-state index >= 15 is 0 Å². The summed E-state index contributed by atoms with van der Waals surface area (Å²) in [5.74, 6) is 2.03. The molecule has 18 heavy (non-hydrogen) atoms. The summed E-state index contributed by atoms with van der Waals surface area (Å²) in [5, 5.41) is 0. The van der Waals surface area contributed by atoms with E-state index in [2.05, 4.69) is 49.6 Å². The van der Waals surface area contributed by atoms with Crippen molar-refractivity contribution in [2.75, 3.05) is 39.3 Å². The molecule has 0 amide bonds. The molecule has 0 aromatic carbocycles. The van der Waals surface area contributed by atoms with Crippen LogP contribution in [-0.2, 0) is 0 Å². The van der Waals surface area contributed by atoms with Crippen LogP contribution in [0.15, 0.2) is 0 Å². The quantitative estimate of drug-likeness (QED) is 0.548. The van der Waals surface area contributed by atoms with Crippen LogP contribution in [0.2, 0.25) is 0 Å². The molecule has 3 nitrogen and oxygen atoms in total. The Balaban J connectivity index is 1.31. The van der Waals surface area contributed by atoms with Gasteiger partial charge < -0.3 is 4.90 Å². The van der Waals surface area contributed by atoms with Gasteiger partial charge in [-0.2, -0.15) is 0 Å². The standard InChI is InChI=1S/C14H24IN3/c1-10(2)16-4-3-14(7-16)8-17(9-14)13-11-5-18(15)6-12(11)13/h10-13H,3-9H2,1-2H3. The van der Waals surface area contributed by atoms with Crippen LogP contribution < -0.4 is 0 Å². The van der Waals surface area contributed by atoms with Crippen LogP contribution >= 0.6 is 22.9 Å².